The monoisotopic (exact) mass is 245 g/mol. The summed E-state index contributed by atoms with van der Waals surface area (Å²) in [5, 5.41) is 13.4. The van der Waals surface area contributed by atoms with Gasteiger partial charge in [-0.25, -0.2) is 0 Å². The van der Waals surface area contributed by atoms with Crippen LogP contribution in [-0.2, 0) is 9.47 Å². The molecule has 1 rings (SSSR count). The molecule has 0 spiro atoms. The minimum absolute atomic E-state index is 0.137. The highest BCUT2D eigenvalue weighted by molar-refractivity contribution is 4.97. The number of aliphatic hydroxyl groups is 1. The lowest BCUT2D eigenvalue weighted by Gasteiger charge is -2.30. The molecule has 102 valence electrons. The van der Waals surface area contributed by atoms with Crippen molar-refractivity contribution < 1.29 is 14.6 Å². The zero-order chi connectivity index (χ0) is 13.1. The van der Waals surface area contributed by atoms with Crippen LogP contribution in [0.5, 0.6) is 0 Å². The first-order valence-electron chi connectivity index (χ1n) is 6.36. The minimum atomic E-state index is -0.372. The van der Waals surface area contributed by atoms with Crippen LogP contribution in [0.1, 0.15) is 34.1 Å². The molecule has 1 fully saturated rings. The third-order valence-corrected chi connectivity index (χ3v) is 3.44. The molecule has 4 heteroatoms. The van der Waals surface area contributed by atoms with E-state index in [0.717, 1.165) is 13.0 Å². The Morgan fingerprint density at radius 3 is 2.53 bits per heavy atom. The van der Waals surface area contributed by atoms with Crippen LogP contribution in [0.2, 0.25) is 0 Å². The number of nitrogens with one attached hydrogen (secondary N) is 1. The molecule has 4 nitrogen and oxygen atoms in total. The van der Waals surface area contributed by atoms with Crippen molar-refractivity contribution in [2.24, 2.45) is 5.92 Å². The summed E-state index contributed by atoms with van der Waals surface area (Å²) < 4.78 is 10.9. The number of methoxy groups -OCH3 is 1. The molecule has 0 amide bonds. The first kappa shape index (κ1) is 14.9. The standard InChI is InChI=1S/C13H27NO3/c1-12(2)8-10(13(3,4)17-12)11(15)9-14-6-7-16-5/h10-11,14-15H,6-9H2,1-5H3. The first-order chi connectivity index (χ1) is 7.78. The van der Waals surface area contributed by atoms with Crippen molar-refractivity contribution in [3.63, 3.8) is 0 Å². The number of rotatable bonds is 6. The molecule has 17 heavy (non-hydrogen) atoms. The molecule has 0 aliphatic carbocycles. The summed E-state index contributed by atoms with van der Waals surface area (Å²) >= 11 is 0. The fraction of sp³-hybridized carbons (Fsp3) is 1.00. The molecule has 0 radical (unpaired) electrons. The third-order valence-electron chi connectivity index (χ3n) is 3.44. The smallest absolute Gasteiger partial charge is 0.0721 e. The average molecular weight is 245 g/mol. The number of hydrogen-bond donors (Lipinski definition) is 2. The van der Waals surface area contributed by atoms with E-state index in [1.807, 2.05) is 0 Å². The quantitative estimate of drug-likeness (QED) is 0.690. The average Bonchev–Trinajstić information content (AvgIpc) is 2.41. The maximum absolute atomic E-state index is 10.2. The van der Waals surface area contributed by atoms with Gasteiger partial charge in [-0.3, -0.25) is 0 Å². The van der Waals surface area contributed by atoms with Crippen LogP contribution < -0.4 is 5.32 Å². The summed E-state index contributed by atoms with van der Waals surface area (Å²) in [4.78, 5) is 0. The van der Waals surface area contributed by atoms with Gasteiger partial charge in [0.25, 0.3) is 0 Å². The Labute approximate surface area is 105 Å². The number of ether oxygens (including phenoxy) is 2. The fourth-order valence-electron chi connectivity index (χ4n) is 2.77. The van der Waals surface area contributed by atoms with Crippen LogP contribution in [0.4, 0.5) is 0 Å². The van der Waals surface area contributed by atoms with Crippen LogP contribution in [-0.4, -0.2) is 49.2 Å². The van der Waals surface area contributed by atoms with Gasteiger partial charge in [0.15, 0.2) is 0 Å². The van der Waals surface area contributed by atoms with Crippen molar-refractivity contribution in [2.75, 3.05) is 26.8 Å². The van der Waals surface area contributed by atoms with Gasteiger partial charge in [0.1, 0.15) is 0 Å². The Hall–Kier alpha value is -0.160. The minimum Gasteiger partial charge on any atom is -0.391 e. The normalized spacial score (nSPS) is 28.2. The van der Waals surface area contributed by atoms with Crippen molar-refractivity contribution in [2.45, 2.75) is 51.4 Å². The molecule has 0 aromatic rings. The molecule has 2 N–H and O–H groups in total. The first-order valence-corrected chi connectivity index (χ1v) is 6.36. The predicted molar refractivity (Wildman–Crippen MR) is 68.1 cm³/mol. The van der Waals surface area contributed by atoms with Crippen molar-refractivity contribution in [1.82, 2.24) is 5.32 Å². The van der Waals surface area contributed by atoms with Crippen molar-refractivity contribution in [3.05, 3.63) is 0 Å². The topological polar surface area (TPSA) is 50.7 Å². The summed E-state index contributed by atoms with van der Waals surface area (Å²) in [5.41, 5.74) is -0.395. The van der Waals surface area contributed by atoms with Gasteiger partial charge >= 0.3 is 0 Å². The Morgan fingerprint density at radius 2 is 2.06 bits per heavy atom. The predicted octanol–water partition coefficient (Wildman–Crippen LogP) is 1.18. The molecule has 2 unspecified atom stereocenters. The Bertz CT molecular complexity index is 241. The Kier molecular flexibility index (Phi) is 4.95. The summed E-state index contributed by atoms with van der Waals surface area (Å²) in [6, 6.07) is 0. The Balaban J connectivity index is 2.43. The SMILES string of the molecule is COCCNCC(O)C1CC(C)(C)OC1(C)C. The van der Waals surface area contributed by atoms with E-state index in [1.165, 1.54) is 0 Å². The van der Waals surface area contributed by atoms with Crippen molar-refractivity contribution >= 4 is 0 Å². The molecule has 0 bridgehead atoms. The van der Waals surface area contributed by atoms with E-state index in [0.29, 0.717) is 13.2 Å². The van der Waals surface area contributed by atoms with Crippen molar-refractivity contribution in [1.29, 1.82) is 0 Å². The van der Waals surface area contributed by atoms with Gasteiger partial charge in [-0.15, -0.1) is 0 Å². The highest BCUT2D eigenvalue weighted by Crippen LogP contribution is 2.43. The van der Waals surface area contributed by atoms with E-state index in [9.17, 15) is 5.11 Å². The van der Waals surface area contributed by atoms with Gasteiger partial charge < -0.3 is 19.9 Å². The lowest BCUT2D eigenvalue weighted by molar-refractivity contribution is -0.0871. The third kappa shape index (κ3) is 4.21. The van der Waals surface area contributed by atoms with E-state index in [-0.39, 0.29) is 23.2 Å². The van der Waals surface area contributed by atoms with E-state index in [1.54, 1.807) is 7.11 Å². The summed E-state index contributed by atoms with van der Waals surface area (Å²) in [7, 11) is 1.68. The second kappa shape index (κ2) is 5.65. The second-order valence-corrected chi connectivity index (χ2v) is 6.04. The van der Waals surface area contributed by atoms with Crippen LogP contribution in [0.3, 0.4) is 0 Å². The largest absolute Gasteiger partial charge is 0.391 e. The van der Waals surface area contributed by atoms with E-state index in [4.69, 9.17) is 9.47 Å². The maximum atomic E-state index is 10.2. The summed E-state index contributed by atoms with van der Waals surface area (Å²) in [5.74, 6) is 0.174. The molecular formula is C13H27NO3. The zero-order valence-corrected chi connectivity index (χ0v) is 11.7. The summed E-state index contributed by atoms with van der Waals surface area (Å²) in [6.07, 6.45) is 0.524. The summed E-state index contributed by atoms with van der Waals surface area (Å²) in [6.45, 7) is 10.3. The van der Waals surface area contributed by atoms with E-state index >= 15 is 0 Å². The van der Waals surface area contributed by atoms with Gasteiger partial charge in [0, 0.05) is 26.1 Å². The fourth-order valence-corrected chi connectivity index (χ4v) is 2.77. The molecule has 2 atom stereocenters. The van der Waals surface area contributed by atoms with E-state index in [2.05, 4.69) is 33.0 Å². The lowest BCUT2D eigenvalue weighted by atomic mass is 9.83. The second-order valence-electron chi connectivity index (χ2n) is 6.04. The van der Waals surface area contributed by atoms with Crippen LogP contribution in [0, 0.1) is 5.92 Å². The zero-order valence-electron chi connectivity index (χ0n) is 11.7. The highest BCUT2D eigenvalue weighted by Gasteiger charge is 2.48. The van der Waals surface area contributed by atoms with Gasteiger partial charge in [0.05, 0.1) is 23.9 Å². The van der Waals surface area contributed by atoms with Crippen LogP contribution in [0.15, 0.2) is 0 Å². The number of hydrogen-bond acceptors (Lipinski definition) is 4. The van der Waals surface area contributed by atoms with E-state index < -0.39 is 0 Å². The highest BCUT2D eigenvalue weighted by atomic mass is 16.5. The van der Waals surface area contributed by atoms with Gasteiger partial charge in [0.2, 0.25) is 0 Å². The van der Waals surface area contributed by atoms with Gasteiger partial charge in [-0.1, -0.05) is 0 Å². The van der Waals surface area contributed by atoms with Gasteiger partial charge in [-0.05, 0) is 34.1 Å². The molecular weight excluding hydrogens is 218 g/mol. The van der Waals surface area contributed by atoms with Crippen LogP contribution in [0.25, 0.3) is 0 Å². The molecule has 1 aliphatic heterocycles. The molecule has 1 saturated heterocycles. The van der Waals surface area contributed by atoms with Crippen LogP contribution >= 0.6 is 0 Å². The molecule has 0 aromatic carbocycles. The molecule has 1 heterocycles. The lowest BCUT2D eigenvalue weighted by Crippen LogP contribution is -2.42. The molecule has 0 aromatic heterocycles. The Morgan fingerprint density at radius 1 is 1.41 bits per heavy atom. The van der Waals surface area contributed by atoms with Gasteiger partial charge in [-0.2, -0.15) is 0 Å². The molecule has 0 saturated carbocycles. The number of aliphatic hydroxyl groups excluding tert-OH is 1. The maximum Gasteiger partial charge on any atom is 0.0721 e. The van der Waals surface area contributed by atoms with Crippen molar-refractivity contribution in [3.8, 4) is 0 Å². The molecule has 1 aliphatic rings.